The van der Waals surface area contributed by atoms with Gasteiger partial charge in [0.2, 0.25) is 0 Å². The maximum absolute atomic E-state index is 13.2. The van der Waals surface area contributed by atoms with Gasteiger partial charge in [-0.1, -0.05) is 6.07 Å². The van der Waals surface area contributed by atoms with Crippen molar-refractivity contribution in [3.05, 3.63) is 47.5 Å². The predicted molar refractivity (Wildman–Crippen MR) is 72.3 cm³/mol. The van der Waals surface area contributed by atoms with Crippen LogP contribution in [-0.4, -0.2) is 45.9 Å². The molecular weight excluding hydrogens is 261 g/mol. The summed E-state index contributed by atoms with van der Waals surface area (Å²) in [5.41, 5.74) is 1.56. The van der Waals surface area contributed by atoms with Gasteiger partial charge in [0.05, 0.1) is 12.3 Å². The van der Waals surface area contributed by atoms with Crippen molar-refractivity contribution in [2.45, 2.75) is 6.92 Å². The molecule has 2 aromatic rings. The minimum Gasteiger partial charge on any atom is -0.395 e. The van der Waals surface area contributed by atoms with Crippen LogP contribution in [0.3, 0.4) is 0 Å². The fourth-order valence-corrected chi connectivity index (χ4v) is 1.90. The molecule has 0 atom stereocenters. The van der Waals surface area contributed by atoms with Crippen LogP contribution in [0.1, 0.15) is 16.2 Å². The molecule has 6 heteroatoms. The number of carbonyl (C=O) groups is 1. The lowest BCUT2D eigenvalue weighted by molar-refractivity contribution is 0.0760. The highest BCUT2D eigenvalue weighted by atomic mass is 19.1. The molecule has 0 spiro atoms. The van der Waals surface area contributed by atoms with E-state index in [-0.39, 0.29) is 30.6 Å². The van der Waals surface area contributed by atoms with Crippen LogP contribution in [0.2, 0.25) is 0 Å². The van der Waals surface area contributed by atoms with E-state index in [1.807, 2.05) is 0 Å². The van der Waals surface area contributed by atoms with Crippen LogP contribution in [0, 0.1) is 12.7 Å². The number of hydrogen-bond donors (Lipinski definition) is 1. The fourth-order valence-electron chi connectivity index (χ4n) is 1.90. The molecule has 0 aliphatic heterocycles. The molecule has 1 amide bonds. The van der Waals surface area contributed by atoms with Crippen molar-refractivity contribution in [2.24, 2.45) is 0 Å². The van der Waals surface area contributed by atoms with Crippen LogP contribution >= 0.6 is 0 Å². The lowest BCUT2D eigenvalue weighted by Gasteiger charge is -2.13. The van der Waals surface area contributed by atoms with E-state index < -0.39 is 0 Å². The summed E-state index contributed by atoms with van der Waals surface area (Å²) in [6.07, 6.45) is 0. The van der Waals surface area contributed by atoms with E-state index in [1.165, 1.54) is 21.7 Å². The monoisotopic (exact) mass is 277 g/mol. The number of aliphatic hydroxyl groups excluding tert-OH is 1. The molecule has 0 radical (unpaired) electrons. The quantitative estimate of drug-likeness (QED) is 0.918. The van der Waals surface area contributed by atoms with Crippen molar-refractivity contribution >= 4 is 5.91 Å². The minimum atomic E-state index is -0.359. The van der Waals surface area contributed by atoms with Crippen LogP contribution in [0.25, 0.3) is 5.69 Å². The highest BCUT2D eigenvalue weighted by Crippen LogP contribution is 2.14. The standard InChI is InChI=1S/C14H16FN3O2/c1-10-8-13(14(20)17(2)6-7-19)16-18(10)12-5-3-4-11(15)9-12/h3-5,8-9,19H,6-7H2,1-2H3. The van der Waals surface area contributed by atoms with E-state index in [4.69, 9.17) is 5.11 Å². The number of nitrogens with zero attached hydrogens (tertiary/aromatic N) is 3. The van der Waals surface area contributed by atoms with Crippen molar-refractivity contribution in [1.82, 2.24) is 14.7 Å². The molecule has 2 rings (SSSR count). The molecule has 1 aromatic heterocycles. The lowest BCUT2D eigenvalue weighted by atomic mass is 10.3. The molecular formula is C14H16FN3O2. The Kier molecular flexibility index (Phi) is 4.14. The maximum Gasteiger partial charge on any atom is 0.274 e. The number of amides is 1. The highest BCUT2D eigenvalue weighted by molar-refractivity contribution is 5.92. The first kappa shape index (κ1) is 14.2. The van der Waals surface area contributed by atoms with Gasteiger partial charge in [-0.2, -0.15) is 5.10 Å². The predicted octanol–water partition coefficient (Wildman–Crippen LogP) is 1.38. The van der Waals surface area contributed by atoms with Crippen molar-refractivity contribution in [2.75, 3.05) is 20.2 Å². The smallest absolute Gasteiger partial charge is 0.274 e. The summed E-state index contributed by atoms with van der Waals surface area (Å²) in [5.74, 6) is -0.639. The Morgan fingerprint density at radius 3 is 2.85 bits per heavy atom. The summed E-state index contributed by atoms with van der Waals surface area (Å²) in [6, 6.07) is 7.65. The summed E-state index contributed by atoms with van der Waals surface area (Å²) in [7, 11) is 1.59. The van der Waals surface area contributed by atoms with Crippen LogP contribution in [0.15, 0.2) is 30.3 Å². The number of carbonyl (C=O) groups excluding carboxylic acids is 1. The molecule has 1 heterocycles. The molecule has 20 heavy (non-hydrogen) atoms. The van der Waals surface area contributed by atoms with Crippen LogP contribution in [0.4, 0.5) is 4.39 Å². The average Bonchev–Trinajstić information content (AvgIpc) is 2.80. The summed E-state index contributed by atoms with van der Waals surface area (Å²) >= 11 is 0. The fraction of sp³-hybridized carbons (Fsp3) is 0.286. The first-order valence-electron chi connectivity index (χ1n) is 6.22. The molecule has 5 nitrogen and oxygen atoms in total. The molecule has 106 valence electrons. The normalized spacial score (nSPS) is 10.6. The third-order valence-electron chi connectivity index (χ3n) is 2.94. The Hall–Kier alpha value is -2.21. The molecule has 1 N–H and O–H groups in total. The Balaban J connectivity index is 2.32. The summed E-state index contributed by atoms with van der Waals surface area (Å²) in [6.45, 7) is 1.93. The van der Waals surface area contributed by atoms with Gasteiger partial charge in [-0.3, -0.25) is 4.79 Å². The van der Waals surface area contributed by atoms with Crippen molar-refractivity contribution in [3.63, 3.8) is 0 Å². The Bertz CT molecular complexity index is 625. The maximum atomic E-state index is 13.2. The van der Waals surface area contributed by atoms with Crippen molar-refractivity contribution in [3.8, 4) is 5.69 Å². The number of halogens is 1. The largest absolute Gasteiger partial charge is 0.395 e. The van der Waals surface area contributed by atoms with Gasteiger partial charge in [0, 0.05) is 19.3 Å². The number of hydrogen-bond acceptors (Lipinski definition) is 3. The van der Waals surface area contributed by atoms with Gasteiger partial charge >= 0.3 is 0 Å². The average molecular weight is 277 g/mol. The van der Waals surface area contributed by atoms with Gasteiger partial charge in [-0.15, -0.1) is 0 Å². The SMILES string of the molecule is Cc1cc(C(=O)N(C)CCO)nn1-c1cccc(F)c1. The second kappa shape index (κ2) is 5.83. The lowest BCUT2D eigenvalue weighted by Crippen LogP contribution is -2.29. The molecule has 0 unspecified atom stereocenters. The van der Waals surface area contributed by atoms with Gasteiger partial charge in [0.15, 0.2) is 5.69 Å². The Morgan fingerprint density at radius 2 is 2.20 bits per heavy atom. The van der Waals surface area contributed by atoms with E-state index >= 15 is 0 Å². The zero-order chi connectivity index (χ0) is 14.7. The zero-order valence-corrected chi connectivity index (χ0v) is 11.4. The molecule has 0 bridgehead atoms. The van der Waals surface area contributed by atoms with Crippen LogP contribution in [-0.2, 0) is 0 Å². The molecule has 1 aromatic carbocycles. The third-order valence-corrected chi connectivity index (χ3v) is 2.94. The molecule has 0 aliphatic carbocycles. The minimum absolute atomic E-state index is 0.105. The summed E-state index contributed by atoms with van der Waals surface area (Å²) in [5, 5.41) is 13.0. The first-order chi connectivity index (χ1) is 9.52. The molecule has 0 saturated carbocycles. The zero-order valence-electron chi connectivity index (χ0n) is 11.4. The van der Waals surface area contributed by atoms with Gasteiger partial charge in [-0.25, -0.2) is 9.07 Å². The Morgan fingerprint density at radius 1 is 1.45 bits per heavy atom. The number of aromatic nitrogens is 2. The molecule has 0 fully saturated rings. The van der Waals surface area contributed by atoms with Crippen LogP contribution < -0.4 is 0 Å². The van der Waals surface area contributed by atoms with Gasteiger partial charge in [0.1, 0.15) is 5.82 Å². The second-order valence-corrected chi connectivity index (χ2v) is 4.51. The van der Waals surface area contributed by atoms with Crippen molar-refractivity contribution < 1.29 is 14.3 Å². The molecule has 0 saturated heterocycles. The van der Waals surface area contributed by atoms with Gasteiger partial charge < -0.3 is 10.0 Å². The third kappa shape index (κ3) is 2.85. The summed E-state index contributed by atoms with van der Waals surface area (Å²) in [4.78, 5) is 13.4. The first-order valence-corrected chi connectivity index (χ1v) is 6.22. The van der Waals surface area contributed by atoms with Crippen molar-refractivity contribution in [1.29, 1.82) is 0 Å². The number of benzene rings is 1. The van der Waals surface area contributed by atoms with E-state index in [2.05, 4.69) is 5.10 Å². The van der Waals surface area contributed by atoms with E-state index in [0.717, 1.165) is 5.69 Å². The topological polar surface area (TPSA) is 58.4 Å². The van der Waals surface area contributed by atoms with E-state index in [0.29, 0.717) is 5.69 Å². The second-order valence-electron chi connectivity index (χ2n) is 4.51. The Labute approximate surface area is 116 Å². The number of rotatable bonds is 4. The summed E-state index contributed by atoms with van der Waals surface area (Å²) < 4.78 is 14.8. The number of likely N-dealkylation sites (N-methyl/N-ethyl adjacent to an activating group) is 1. The van der Waals surface area contributed by atoms with E-state index in [1.54, 1.807) is 32.2 Å². The number of aryl methyl sites for hydroxylation is 1. The van der Waals surface area contributed by atoms with Gasteiger partial charge in [0.25, 0.3) is 5.91 Å². The van der Waals surface area contributed by atoms with Gasteiger partial charge in [-0.05, 0) is 31.2 Å². The van der Waals surface area contributed by atoms with E-state index in [9.17, 15) is 9.18 Å². The highest BCUT2D eigenvalue weighted by Gasteiger charge is 2.16. The number of aliphatic hydroxyl groups is 1. The van der Waals surface area contributed by atoms with Crippen LogP contribution in [0.5, 0.6) is 0 Å². The molecule has 0 aliphatic rings.